The predicted molar refractivity (Wildman–Crippen MR) is 116 cm³/mol. The van der Waals surface area contributed by atoms with Crippen LogP contribution in [0.3, 0.4) is 0 Å². The van der Waals surface area contributed by atoms with E-state index in [0.717, 1.165) is 23.6 Å². The lowest BCUT2D eigenvalue weighted by molar-refractivity contribution is -0.124. The number of hydrogen-bond acceptors (Lipinski definition) is 4. The van der Waals surface area contributed by atoms with E-state index in [1.54, 1.807) is 23.9 Å². The molecule has 2 rings (SSSR count). The van der Waals surface area contributed by atoms with Crippen LogP contribution in [0.5, 0.6) is 0 Å². The molecule has 3 N–H and O–H groups in total. The van der Waals surface area contributed by atoms with Gasteiger partial charge in [-0.25, -0.2) is 9.18 Å². The highest BCUT2D eigenvalue weighted by molar-refractivity contribution is 14.0. The summed E-state index contributed by atoms with van der Waals surface area (Å²) in [7, 11) is 0. The molecular weight excluding hydrogens is 484 g/mol. The zero-order valence-electron chi connectivity index (χ0n) is 15.2. The maximum Gasteiger partial charge on any atom is 0.324 e. The van der Waals surface area contributed by atoms with Crippen molar-refractivity contribution < 1.29 is 14.0 Å². The van der Waals surface area contributed by atoms with Crippen molar-refractivity contribution in [2.75, 3.05) is 38.5 Å². The molecule has 1 saturated heterocycles. The summed E-state index contributed by atoms with van der Waals surface area (Å²) in [6.07, 6.45) is 0.881. The highest BCUT2D eigenvalue weighted by atomic mass is 127. The molecule has 1 aromatic rings. The molecule has 1 heterocycles. The zero-order valence-corrected chi connectivity index (χ0v) is 18.3. The molecule has 10 heteroatoms. The lowest BCUT2D eigenvalue weighted by atomic mass is 10.4. The van der Waals surface area contributed by atoms with E-state index in [9.17, 15) is 14.0 Å². The van der Waals surface area contributed by atoms with Crippen LogP contribution in [0.15, 0.2) is 34.2 Å². The van der Waals surface area contributed by atoms with E-state index in [4.69, 9.17) is 0 Å². The molecule has 7 nitrogen and oxygen atoms in total. The predicted octanol–water partition coefficient (Wildman–Crippen LogP) is 2.03. The maximum atomic E-state index is 12.8. The van der Waals surface area contributed by atoms with Gasteiger partial charge in [-0.2, -0.15) is 0 Å². The molecule has 0 radical (unpaired) electrons. The van der Waals surface area contributed by atoms with Crippen molar-refractivity contribution in [1.82, 2.24) is 20.9 Å². The van der Waals surface area contributed by atoms with Gasteiger partial charge in [-0.3, -0.25) is 14.7 Å². The molecule has 0 atom stereocenters. The van der Waals surface area contributed by atoms with Crippen molar-refractivity contribution in [2.24, 2.45) is 4.99 Å². The molecule has 0 unspecified atom stereocenters. The van der Waals surface area contributed by atoms with Crippen molar-refractivity contribution in [3.8, 4) is 0 Å². The number of aliphatic imine (C=N–C) groups is 1. The molecule has 1 aliphatic heterocycles. The molecule has 1 aromatic carbocycles. The molecule has 0 saturated carbocycles. The number of carbonyl (C=O) groups is 2. The summed E-state index contributed by atoms with van der Waals surface area (Å²) in [4.78, 5) is 29.7. The largest absolute Gasteiger partial charge is 0.357 e. The molecule has 0 aliphatic carbocycles. The Morgan fingerprint density at radius 3 is 2.67 bits per heavy atom. The van der Waals surface area contributed by atoms with Gasteiger partial charge >= 0.3 is 6.03 Å². The maximum absolute atomic E-state index is 12.8. The number of rotatable bonds is 9. The Morgan fingerprint density at radius 2 is 2.04 bits per heavy atom. The third-order valence-corrected chi connectivity index (χ3v) is 4.66. The second-order valence-corrected chi connectivity index (χ2v) is 6.72. The third-order valence-electron chi connectivity index (χ3n) is 3.56. The summed E-state index contributed by atoms with van der Waals surface area (Å²) < 4.78 is 12.8. The second kappa shape index (κ2) is 12.8. The normalized spacial score (nSPS) is 14.0. The Hall–Kier alpha value is -1.56. The number of guanidine groups is 1. The minimum atomic E-state index is -0.350. The number of thioether (sulfide) groups is 1. The van der Waals surface area contributed by atoms with Gasteiger partial charge < -0.3 is 16.0 Å². The first-order chi connectivity index (χ1) is 12.6. The van der Waals surface area contributed by atoms with Crippen molar-refractivity contribution in [3.63, 3.8) is 0 Å². The number of nitrogens with one attached hydrogen (secondary N) is 3. The van der Waals surface area contributed by atoms with Gasteiger partial charge in [0, 0.05) is 31.1 Å². The van der Waals surface area contributed by atoms with E-state index in [0.29, 0.717) is 25.6 Å². The van der Waals surface area contributed by atoms with E-state index >= 15 is 0 Å². The number of carbonyl (C=O) groups excluding carboxylic acids is 2. The van der Waals surface area contributed by atoms with Crippen molar-refractivity contribution in [1.29, 1.82) is 0 Å². The number of nitrogens with zero attached hydrogens (tertiary/aromatic N) is 2. The molecule has 1 aliphatic rings. The standard InChI is InChI=1S/C17H24FN5O2S.HI/c1-2-19-16(21-9-10-23-15(24)12-22-17(23)25)20-8-3-11-26-14-6-4-13(18)5-7-14;/h4-7H,2-3,8-12H2,1H3,(H,22,25)(H2,19,20,21);1H. The second-order valence-electron chi connectivity index (χ2n) is 5.55. The number of benzene rings is 1. The van der Waals surface area contributed by atoms with Crippen LogP contribution in [-0.4, -0.2) is 61.3 Å². The summed E-state index contributed by atoms with van der Waals surface area (Å²) in [5, 5.41) is 8.74. The SMILES string of the molecule is CCNC(=NCCCSc1ccc(F)cc1)NCCN1C(=O)CNC1=O.I. The van der Waals surface area contributed by atoms with E-state index < -0.39 is 0 Å². The highest BCUT2D eigenvalue weighted by Gasteiger charge is 2.27. The van der Waals surface area contributed by atoms with Crippen LogP contribution in [0.2, 0.25) is 0 Å². The van der Waals surface area contributed by atoms with Crippen LogP contribution in [0, 0.1) is 5.82 Å². The zero-order chi connectivity index (χ0) is 18.8. The molecule has 0 spiro atoms. The fourth-order valence-electron chi connectivity index (χ4n) is 2.29. The summed E-state index contributed by atoms with van der Waals surface area (Å²) >= 11 is 1.66. The van der Waals surface area contributed by atoms with E-state index in [1.165, 1.54) is 17.0 Å². The molecule has 0 aromatic heterocycles. The summed E-state index contributed by atoms with van der Waals surface area (Å²) in [6, 6.07) is 6.10. The van der Waals surface area contributed by atoms with Crippen LogP contribution >= 0.6 is 35.7 Å². The highest BCUT2D eigenvalue weighted by Crippen LogP contribution is 2.18. The Balaban J connectivity index is 0.00000364. The van der Waals surface area contributed by atoms with Crippen LogP contribution in [0.1, 0.15) is 13.3 Å². The number of halogens is 2. The quantitative estimate of drug-likeness (QED) is 0.119. The Morgan fingerprint density at radius 1 is 1.30 bits per heavy atom. The summed E-state index contributed by atoms with van der Waals surface area (Å²) in [6.45, 7) is 4.15. The van der Waals surface area contributed by atoms with Gasteiger partial charge in [0.2, 0.25) is 5.91 Å². The number of amides is 3. The molecule has 1 fully saturated rings. The fraction of sp³-hybridized carbons (Fsp3) is 0.471. The van der Waals surface area contributed by atoms with Crippen molar-refractivity contribution >= 4 is 53.6 Å². The van der Waals surface area contributed by atoms with Crippen LogP contribution in [0.25, 0.3) is 0 Å². The third kappa shape index (κ3) is 8.33. The number of hydrogen-bond donors (Lipinski definition) is 3. The fourth-order valence-corrected chi connectivity index (χ4v) is 3.12. The summed E-state index contributed by atoms with van der Waals surface area (Å²) in [5.41, 5.74) is 0. The topological polar surface area (TPSA) is 85.8 Å². The molecule has 150 valence electrons. The van der Waals surface area contributed by atoms with Gasteiger partial charge in [0.15, 0.2) is 5.96 Å². The van der Waals surface area contributed by atoms with Gasteiger partial charge in [-0.05, 0) is 43.4 Å². The first kappa shape index (κ1) is 23.5. The number of imide groups is 1. The van der Waals surface area contributed by atoms with Gasteiger partial charge in [0.05, 0.1) is 6.54 Å². The smallest absolute Gasteiger partial charge is 0.324 e. The minimum absolute atomic E-state index is 0. The van der Waals surface area contributed by atoms with Crippen LogP contribution < -0.4 is 16.0 Å². The van der Waals surface area contributed by atoms with E-state index in [2.05, 4.69) is 20.9 Å². The number of urea groups is 1. The Kier molecular flexibility index (Phi) is 11.1. The molecule has 0 bridgehead atoms. The van der Waals surface area contributed by atoms with E-state index in [1.807, 2.05) is 6.92 Å². The van der Waals surface area contributed by atoms with Crippen LogP contribution in [-0.2, 0) is 4.79 Å². The lowest BCUT2D eigenvalue weighted by Crippen LogP contribution is -2.43. The Labute approximate surface area is 180 Å². The first-order valence-corrected chi connectivity index (χ1v) is 9.57. The first-order valence-electron chi connectivity index (χ1n) is 8.59. The minimum Gasteiger partial charge on any atom is -0.357 e. The monoisotopic (exact) mass is 509 g/mol. The molecule has 3 amide bonds. The summed E-state index contributed by atoms with van der Waals surface area (Å²) in [5.74, 6) is 1.10. The molecular formula is C17H25FIN5O2S. The van der Waals surface area contributed by atoms with Crippen molar-refractivity contribution in [3.05, 3.63) is 30.1 Å². The average Bonchev–Trinajstić information content (AvgIpc) is 2.95. The van der Waals surface area contributed by atoms with Gasteiger partial charge in [-0.1, -0.05) is 0 Å². The average molecular weight is 509 g/mol. The van der Waals surface area contributed by atoms with Crippen LogP contribution in [0.4, 0.5) is 9.18 Å². The van der Waals surface area contributed by atoms with Crippen molar-refractivity contribution in [2.45, 2.75) is 18.2 Å². The molecule has 27 heavy (non-hydrogen) atoms. The van der Waals surface area contributed by atoms with Gasteiger partial charge in [0.1, 0.15) is 5.82 Å². The Bertz CT molecular complexity index is 629. The lowest BCUT2D eigenvalue weighted by Gasteiger charge is -2.15. The van der Waals surface area contributed by atoms with Gasteiger partial charge in [-0.15, -0.1) is 35.7 Å². The van der Waals surface area contributed by atoms with E-state index in [-0.39, 0.29) is 48.3 Å². The van der Waals surface area contributed by atoms with Gasteiger partial charge in [0.25, 0.3) is 0 Å².